The maximum absolute atomic E-state index is 15.0. The van der Waals surface area contributed by atoms with Gasteiger partial charge in [0.25, 0.3) is 0 Å². The van der Waals surface area contributed by atoms with E-state index in [0.29, 0.717) is 40.7 Å². The molecule has 2 aromatic carbocycles. The SMILES string of the molecule is CN(C)CCc1cccc(Nc2nccc(-c3c(-c4cccc(NC(=O)Cc5cccs5)c4)nc4c(F)cccn34)n2)c1. The van der Waals surface area contributed by atoms with Crippen LogP contribution in [0.3, 0.4) is 0 Å². The Morgan fingerprint density at radius 2 is 1.84 bits per heavy atom. The molecule has 43 heavy (non-hydrogen) atoms. The summed E-state index contributed by atoms with van der Waals surface area (Å²) >= 11 is 1.54. The zero-order valence-corrected chi connectivity index (χ0v) is 24.6. The van der Waals surface area contributed by atoms with E-state index in [1.165, 1.54) is 11.6 Å². The number of pyridine rings is 1. The Labute approximate surface area is 252 Å². The Bertz CT molecular complexity index is 1880. The van der Waals surface area contributed by atoms with Crippen LogP contribution in [0, 0.1) is 5.82 Å². The molecule has 4 aromatic heterocycles. The van der Waals surface area contributed by atoms with E-state index < -0.39 is 5.82 Å². The van der Waals surface area contributed by atoms with Crippen LogP contribution < -0.4 is 10.6 Å². The van der Waals surface area contributed by atoms with E-state index >= 15 is 0 Å². The molecule has 0 fully saturated rings. The highest BCUT2D eigenvalue weighted by Crippen LogP contribution is 2.34. The monoisotopic (exact) mass is 591 g/mol. The van der Waals surface area contributed by atoms with Crippen LogP contribution >= 0.6 is 11.3 Å². The van der Waals surface area contributed by atoms with Gasteiger partial charge in [-0.25, -0.2) is 19.3 Å². The normalized spacial score (nSPS) is 11.3. The number of hydrogen-bond acceptors (Lipinski definition) is 7. The number of carbonyl (C=O) groups is 1. The maximum Gasteiger partial charge on any atom is 0.229 e. The van der Waals surface area contributed by atoms with Crippen LogP contribution in [-0.4, -0.2) is 50.8 Å². The predicted octanol–water partition coefficient (Wildman–Crippen LogP) is 6.69. The number of hydrogen-bond donors (Lipinski definition) is 2. The molecular formula is C33H30FN7OS. The second kappa shape index (κ2) is 12.5. The van der Waals surface area contributed by atoms with Crippen LogP contribution in [0.4, 0.5) is 21.7 Å². The molecule has 2 N–H and O–H groups in total. The molecule has 0 aliphatic rings. The molecule has 216 valence electrons. The van der Waals surface area contributed by atoms with Gasteiger partial charge in [0.05, 0.1) is 23.5 Å². The van der Waals surface area contributed by atoms with Gasteiger partial charge < -0.3 is 15.5 Å². The highest BCUT2D eigenvalue weighted by atomic mass is 32.1. The number of imidazole rings is 1. The fraction of sp³-hybridized carbons (Fsp3) is 0.152. The molecule has 0 aliphatic carbocycles. The summed E-state index contributed by atoms with van der Waals surface area (Å²) < 4.78 is 16.7. The molecule has 0 aliphatic heterocycles. The molecule has 0 atom stereocenters. The second-order valence-electron chi connectivity index (χ2n) is 10.4. The van der Waals surface area contributed by atoms with Crippen molar-refractivity contribution in [3.8, 4) is 22.6 Å². The first kappa shape index (κ1) is 28.2. The van der Waals surface area contributed by atoms with Gasteiger partial charge in [-0.2, -0.15) is 0 Å². The third kappa shape index (κ3) is 6.61. The number of benzene rings is 2. The lowest BCUT2D eigenvalue weighted by molar-refractivity contribution is -0.115. The number of nitrogens with zero attached hydrogens (tertiary/aromatic N) is 5. The van der Waals surface area contributed by atoms with E-state index in [1.54, 1.807) is 40.3 Å². The van der Waals surface area contributed by atoms with Crippen LogP contribution in [0.25, 0.3) is 28.3 Å². The maximum atomic E-state index is 15.0. The Kier molecular flexibility index (Phi) is 8.21. The Morgan fingerprint density at radius 3 is 2.67 bits per heavy atom. The summed E-state index contributed by atoms with van der Waals surface area (Å²) in [5.74, 6) is -0.148. The third-order valence-corrected chi connectivity index (χ3v) is 7.74. The van der Waals surface area contributed by atoms with Crippen molar-refractivity contribution in [1.29, 1.82) is 0 Å². The Morgan fingerprint density at radius 1 is 0.977 bits per heavy atom. The smallest absolute Gasteiger partial charge is 0.229 e. The van der Waals surface area contributed by atoms with Gasteiger partial charge in [-0.1, -0.05) is 30.3 Å². The summed E-state index contributed by atoms with van der Waals surface area (Å²) in [6.45, 7) is 0.947. The first-order chi connectivity index (χ1) is 20.9. The minimum Gasteiger partial charge on any atom is -0.326 e. The molecule has 4 heterocycles. The van der Waals surface area contributed by atoms with E-state index in [2.05, 4.69) is 46.7 Å². The van der Waals surface area contributed by atoms with Crippen molar-refractivity contribution in [2.45, 2.75) is 12.8 Å². The van der Waals surface area contributed by atoms with Gasteiger partial charge in [-0.05, 0) is 80.0 Å². The highest BCUT2D eigenvalue weighted by molar-refractivity contribution is 7.10. The lowest BCUT2D eigenvalue weighted by atomic mass is 10.1. The Balaban J connectivity index is 1.34. The average molecular weight is 592 g/mol. The predicted molar refractivity (Wildman–Crippen MR) is 170 cm³/mol. The van der Waals surface area contributed by atoms with Gasteiger partial charge >= 0.3 is 0 Å². The van der Waals surface area contributed by atoms with E-state index in [1.807, 2.05) is 53.9 Å². The minimum absolute atomic E-state index is 0.113. The number of rotatable bonds is 10. The standard InChI is InChI=1S/C33H30FN7OS/c1-40(2)17-14-22-7-3-9-24(19-22)37-33-35-15-13-28(38-33)31-30(39-32-27(34)12-5-16-41(31)32)23-8-4-10-25(20-23)36-29(42)21-26-11-6-18-43-26/h3-13,15-16,18-20H,14,17,21H2,1-2H3,(H,36,42)(H,35,37,38). The fourth-order valence-electron chi connectivity index (χ4n) is 4.84. The fourth-order valence-corrected chi connectivity index (χ4v) is 5.54. The molecule has 8 nitrogen and oxygen atoms in total. The lowest BCUT2D eigenvalue weighted by Crippen LogP contribution is -2.15. The first-order valence-corrected chi connectivity index (χ1v) is 14.7. The highest BCUT2D eigenvalue weighted by Gasteiger charge is 2.20. The van der Waals surface area contributed by atoms with Crippen molar-refractivity contribution < 1.29 is 9.18 Å². The van der Waals surface area contributed by atoms with Crippen LogP contribution in [0.1, 0.15) is 10.4 Å². The number of carbonyl (C=O) groups excluding carboxylic acids is 1. The summed E-state index contributed by atoms with van der Waals surface area (Å²) in [5.41, 5.74) is 5.33. The molecule has 6 aromatic rings. The van der Waals surface area contributed by atoms with Crippen molar-refractivity contribution >= 4 is 40.2 Å². The van der Waals surface area contributed by atoms with Gasteiger partial charge in [-0.15, -0.1) is 11.3 Å². The van der Waals surface area contributed by atoms with Gasteiger partial charge in [-0.3, -0.25) is 9.20 Å². The summed E-state index contributed by atoms with van der Waals surface area (Å²) in [5, 5.41) is 8.24. The number of aromatic nitrogens is 4. The largest absolute Gasteiger partial charge is 0.326 e. The number of fused-ring (bicyclic) bond motifs is 1. The molecular weight excluding hydrogens is 561 g/mol. The number of halogens is 1. The lowest BCUT2D eigenvalue weighted by Gasteiger charge is -2.11. The molecule has 0 unspecified atom stereocenters. The van der Waals surface area contributed by atoms with Crippen molar-refractivity contribution in [1.82, 2.24) is 24.3 Å². The summed E-state index contributed by atoms with van der Waals surface area (Å²) in [6.07, 6.45) is 4.65. The summed E-state index contributed by atoms with van der Waals surface area (Å²) in [6, 6.07) is 24.2. The number of likely N-dealkylation sites (N-methyl/N-ethyl adjacent to an activating group) is 1. The van der Waals surface area contributed by atoms with E-state index in [0.717, 1.165) is 23.5 Å². The molecule has 0 spiro atoms. The first-order valence-electron chi connectivity index (χ1n) is 13.9. The molecule has 0 saturated carbocycles. The quantitative estimate of drug-likeness (QED) is 0.185. The van der Waals surface area contributed by atoms with Crippen molar-refractivity contribution in [3.63, 3.8) is 0 Å². The molecule has 10 heteroatoms. The zero-order chi connectivity index (χ0) is 29.8. The van der Waals surface area contributed by atoms with Gasteiger partial charge in [0.2, 0.25) is 11.9 Å². The molecule has 0 saturated heterocycles. The Hall–Kier alpha value is -4.93. The third-order valence-electron chi connectivity index (χ3n) is 6.87. The van der Waals surface area contributed by atoms with Crippen molar-refractivity contribution in [2.24, 2.45) is 0 Å². The topological polar surface area (TPSA) is 87.5 Å². The van der Waals surface area contributed by atoms with E-state index in [4.69, 9.17) is 9.97 Å². The number of thiophene rings is 1. The van der Waals surface area contributed by atoms with E-state index in [-0.39, 0.29) is 11.6 Å². The van der Waals surface area contributed by atoms with Crippen LogP contribution in [-0.2, 0) is 17.6 Å². The summed E-state index contributed by atoms with van der Waals surface area (Å²) in [7, 11) is 4.11. The van der Waals surface area contributed by atoms with Crippen molar-refractivity contribution in [2.75, 3.05) is 31.3 Å². The van der Waals surface area contributed by atoms with Crippen LogP contribution in [0.15, 0.2) is 96.6 Å². The molecule has 1 amide bonds. The molecule has 0 radical (unpaired) electrons. The van der Waals surface area contributed by atoms with Crippen LogP contribution in [0.5, 0.6) is 0 Å². The van der Waals surface area contributed by atoms with E-state index in [9.17, 15) is 9.18 Å². The molecule has 6 rings (SSSR count). The molecule has 0 bridgehead atoms. The van der Waals surface area contributed by atoms with Gasteiger partial charge in [0.1, 0.15) is 0 Å². The number of nitrogens with one attached hydrogen (secondary N) is 2. The average Bonchev–Trinajstić information content (AvgIpc) is 3.65. The van der Waals surface area contributed by atoms with Gasteiger partial charge in [0, 0.05) is 40.8 Å². The summed E-state index contributed by atoms with van der Waals surface area (Å²) in [4.78, 5) is 29.8. The van der Waals surface area contributed by atoms with Gasteiger partial charge in [0.15, 0.2) is 11.5 Å². The van der Waals surface area contributed by atoms with Crippen molar-refractivity contribution in [3.05, 3.63) is 113 Å². The van der Waals surface area contributed by atoms with Crippen LogP contribution in [0.2, 0.25) is 0 Å². The second-order valence-corrected chi connectivity index (χ2v) is 11.4. The number of anilines is 3. The number of amides is 1. The minimum atomic E-state index is -0.447. The zero-order valence-electron chi connectivity index (χ0n) is 23.8.